The third-order valence-corrected chi connectivity index (χ3v) is 3.14. The zero-order chi connectivity index (χ0) is 15.4. The minimum absolute atomic E-state index is 0.287. The number of aliphatic hydroxyl groups is 4. The molecule has 0 bridgehead atoms. The fourth-order valence-corrected chi connectivity index (χ4v) is 1.93. The number of hydrazine groups is 1. The molecular weight excluding hydrogens is 282 g/mol. The van der Waals surface area contributed by atoms with Gasteiger partial charge in [0.05, 0.1) is 12.2 Å². The lowest BCUT2D eigenvalue weighted by atomic mass is 9.99. The van der Waals surface area contributed by atoms with Crippen LogP contribution in [0.25, 0.3) is 0 Å². The van der Waals surface area contributed by atoms with Crippen LogP contribution in [0.15, 0.2) is 24.5 Å². The van der Waals surface area contributed by atoms with E-state index in [4.69, 9.17) is 9.84 Å². The Hall–Kier alpha value is -1.62. The molecule has 0 saturated carbocycles. The average molecular weight is 299 g/mol. The standard InChI is InChI=1S/C12H17N3O6/c16-5-7-8(17)9(18)10(19)12(21-7)15-14-11(20)6-2-1-3-13-4-6/h1-4,7-10,12,15-19H,5H2,(H,14,20)/t7-,8+,9+,10+,12-/m1/s1. The van der Waals surface area contributed by atoms with Crippen LogP contribution >= 0.6 is 0 Å². The summed E-state index contributed by atoms with van der Waals surface area (Å²) in [6, 6.07) is 3.13. The molecule has 5 atom stereocenters. The second-order valence-electron chi connectivity index (χ2n) is 4.59. The second-order valence-corrected chi connectivity index (χ2v) is 4.59. The van der Waals surface area contributed by atoms with Crippen LogP contribution in [0.2, 0.25) is 0 Å². The van der Waals surface area contributed by atoms with Crippen molar-refractivity contribution >= 4 is 5.91 Å². The summed E-state index contributed by atoms with van der Waals surface area (Å²) in [5.41, 5.74) is 4.98. The van der Waals surface area contributed by atoms with Gasteiger partial charge in [0.15, 0.2) is 6.23 Å². The van der Waals surface area contributed by atoms with Crippen molar-refractivity contribution in [3.05, 3.63) is 30.1 Å². The Bertz CT molecular complexity index is 471. The van der Waals surface area contributed by atoms with E-state index in [9.17, 15) is 20.1 Å². The molecule has 0 aromatic carbocycles. The summed E-state index contributed by atoms with van der Waals surface area (Å²) >= 11 is 0. The van der Waals surface area contributed by atoms with E-state index in [1.54, 1.807) is 6.07 Å². The van der Waals surface area contributed by atoms with Gasteiger partial charge in [-0.1, -0.05) is 0 Å². The van der Waals surface area contributed by atoms with Gasteiger partial charge in [-0.15, -0.1) is 0 Å². The second kappa shape index (κ2) is 6.89. The normalized spacial score (nSPS) is 32.7. The lowest BCUT2D eigenvalue weighted by Crippen LogP contribution is -2.64. The molecule has 1 aromatic heterocycles. The van der Waals surface area contributed by atoms with Gasteiger partial charge in [-0.3, -0.25) is 15.2 Å². The summed E-state index contributed by atoms with van der Waals surface area (Å²) in [7, 11) is 0. The molecule has 1 aliphatic heterocycles. The first-order valence-corrected chi connectivity index (χ1v) is 6.31. The van der Waals surface area contributed by atoms with Crippen LogP contribution in [-0.2, 0) is 4.74 Å². The fraction of sp³-hybridized carbons (Fsp3) is 0.500. The Kier molecular flexibility index (Phi) is 5.17. The first-order chi connectivity index (χ1) is 10.0. The molecule has 1 amide bonds. The van der Waals surface area contributed by atoms with Crippen molar-refractivity contribution in [3.63, 3.8) is 0 Å². The number of hydrogen-bond acceptors (Lipinski definition) is 8. The molecule has 116 valence electrons. The summed E-state index contributed by atoms with van der Waals surface area (Å²) in [6.45, 7) is -0.542. The first-order valence-electron chi connectivity index (χ1n) is 6.31. The van der Waals surface area contributed by atoms with Crippen LogP contribution in [0.4, 0.5) is 0 Å². The number of ether oxygens (including phenoxy) is 1. The first kappa shape index (κ1) is 15.8. The number of aliphatic hydroxyl groups excluding tert-OH is 4. The number of pyridine rings is 1. The topological polar surface area (TPSA) is 144 Å². The van der Waals surface area contributed by atoms with Gasteiger partial charge in [0.1, 0.15) is 24.4 Å². The molecule has 1 saturated heterocycles. The van der Waals surface area contributed by atoms with Crippen molar-refractivity contribution in [2.75, 3.05) is 6.61 Å². The molecule has 0 radical (unpaired) electrons. The fourth-order valence-electron chi connectivity index (χ4n) is 1.93. The SMILES string of the molecule is O=C(NN[C@@H]1O[C@H](CO)[C@H](O)[C@H](O)[C@@H]1O)c1cccnc1. The number of carbonyl (C=O) groups excluding carboxylic acids is 1. The Morgan fingerprint density at radius 2 is 2.05 bits per heavy atom. The van der Waals surface area contributed by atoms with Crippen LogP contribution in [0.1, 0.15) is 10.4 Å². The lowest BCUT2D eigenvalue weighted by Gasteiger charge is -2.40. The minimum Gasteiger partial charge on any atom is -0.394 e. The van der Waals surface area contributed by atoms with Gasteiger partial charge in [0.25, 0.3) is 5.91 Å². The third-order valence-electron chi connectivity index (χ3n) is 3.14. The quantitative estimate of drug-likeness (QED) is 0.325. The summed E-state index contributed by atoms with van der Waals surface area (Å²) in [6.07, 6.45) is -3.79. The van der Waals surface area contributed by atoms with Crippen LogP contribution in [0.5, 0.6) is 0 Å². The number of aromatic nitrogens is 1. The maximum atomic E-state index is 11.8. The lowest BCUT2D eigenvalue weighted by molar-refractivity contribution is -0.238. The molecule has 1 aliphatic rings. The van der Waals surface area contributed by atoms with Crippen molar-refractivity contribution in [1.29, 1.82) is 0 Å². The highest BCUT2D eigenvalue weighted by molar-refractivity contribution is 5.93. The van der Waals surface area contributed by atoms with E-state index in [0.717, 1.165) is 0 Å². The zero-order valence-corrected chi connectivity index (χ0v) is 11.0. The molecule has 9 heteroatoms. The number of carbonyl (C=O) groups is 1. The molecule has 1 fully saturated rings. The predicted octanol–water partition coefficient (Wildman–Crippen LogP) is -2.88. The maximum absolute atomic E-state index is 11.8. The number of rotatable bonds is 4. The summed E-state index contributed by atoms with van der Waals surface area (Å²) in [5, 5.41) is 38.0. The van der Waals surface area contributed by atoms with Crippen LogP contribution in [0, 0.1) is 0 Å². The van der Waals surface area contributed by atoms with E-state index in [0.29, 0.717) is 0 Å². The highest BCUT2D eigenvalue weighted by Gasteiger charge is 2.43. The van der Waals surface area contributed by atoms with E-state index >= 15 is 0 Å². The largest absolute Gasteiger partial charge is 0.394 e. The molecule has 21 heavy (non-hydrogen) atoms. The maximum Gasteiger partial charge on any atom is 0.267 e. The highest BCUT2D eigenvalue weighted by Crippen LogP contribution is 2.19. The van der Waals surface area contributed by atoms with Gasteiger partial charge in [-0.2, -0.15) is 0 Å². The summed E-state index contributed by atoms with van der Waals surface area (Å²) < 4.78 is 5.17. The Morgan fingerprint density at radius 1 is 1.29 bits per heavy atom. The van der Waals surface area contributed by atoms with E-state index in [2.05, 4.69) is 15.8 Å². The van der Waals surface area contributed by atoms with Gasteiger partial charge in [0.2, 0.25) is 0 Å². The molecule has 0 spiro atoms. The van der Waals surface area contributed by atoms with Gasteiger partial charge >= 0.3 is 0 Å². The zero-order valence-electron chi connectivity index (χ0n) is 11.0. The molecule has 0 aliphatic carbocycles. The Morgan fingerprint density at radius 3 is 2.67 bits per heavy atom. The summed E-state index contributed by atoms with van der Waals surface area (Å²) in [5.74, 6) is -0.514. The van der Waals surface area contributed by atoms with E-state index in [1.807, 2.05) is 0 Å². The van der Waals surface area contributed by atoms with E-state index < -0.39 is 43.2 Å². The Labute approximate surface area is 120 Å². The van der Waals surface area contributed by atoms with Crippen LogP contribution in [0.3, 0.4) is 0 Å². The minimum atomic E-state index is -1.51. The molecule has 1 aromatic rings. The van der Waals surface area contributed by atoms with Crippen molar-refractivity contribution in [2.24, 2.45) is 0 Å². The van der Waals surface area contributed by atoms with Crippen molar-refractivity contribution in [3.8, 4) is 0 Å². The van der Waals surface area contributed by atoms with Gasteiger partial charge in [0, 0.05) is 12.4 Å². The monoisotopic (exact) mass is 299 g/mol. The number of hydrogen-bond donors (Lipinski definition) is 6. The summed E-state index contributed by atoms with van der Waals surface area (Å²) in [4.78, 5) is 15.6. The number of nitrogens with one attached hydrogen (secondary N) is 2. The molecule has 2 heterocycles. The van der Waals surface area contributed by atoms with Gasteiger partial charge in [-0.05, 0) is 12.1 Å². The molecule has 0 unspecified atom stereocenters. The molecular formula is C12H17N3O6. The third kappa shape index (κ3) is 3.53. The van der Waals surface area contributed by atoms with E-state index in [1.165, 1.54) is 18.5 Å². The predicted molar refractivity (Wildman–Crippen MR) is 68.6 cm³/mol. The number of amides is 1. The molecule has 6 N–H and O–H groups in total. The van der Waals surface area contributed by atoms with Crippen LogP contribution < -0.4 is 10.9 Å². The highest BCUT2D eigenvalue weighted by atomic mass is 16.6. The average Bonchev–Trinajstić information content (AvgIpc) is 2.52. The van der Waals surface area contributed by atoms with Crippen molar-refractivity contribution in [2.45, 2.75) is 30.6 Å². The number of nitrogens with zero attached hydrogens (tertiary/aromatic N) is 1. The van der Waals surface area contributed by atoms with E-state index in [-0.39, 0.29) is 5.56 Å². The molecule has 9 nitrogen and oxygen atoms in total. The molecule has 2 rings (SSSR count). The van der Waals surface area contributed by atoms with Crippen LogP contribution in [-0.4, -0.2) is 68.6 Å². The van der Waals surface area contributed by atoms with Crippen molar-refractivity contribution in [1.82, 2.24) is 15.8 Å². The smallest absolute Gasteiger partial charge is 0.267 e. The van der Waals surface area contributed by atoms with Crippen molar-refractivity contribution < 1.29 is 30.0 Å². The Balaban J connectivity index is 1.94. The van der Waals surface area contributed by atoms with Gasteiger partial charge in [-0.25, -0.2) is 5.43 Å². The van der Waals surface area contributed by atoms with Gasteiger partial charge < -0.3 is 25.2 Å².